The second-order valence-electron chi connectivity index (χ2n) is 5.83. The Bertz CT molecular complexity index is 533. The third-order valence-electron chi connectivity index (χ3n) is 4.25. The fraction of sp³-hybridized carbons (Fsp3) is 0.667. The summed E-state index contributed by atoms with van der Waals surface area (Å²) >= 11 is 0. The summed E-state index contributed by atoms with van der Waals surface area (Å²) < 4.78 is 5.44. The van der Waals surface area contributed by atoms with Gasteiger partial charge in [0.15, 0.2) is 0 Å². The summed E-state index contributed by atoms with van der Waals surface area (Å²) in [5, 5.41) is 9.61. The summed E-state index contributed by atoms with van der Waals surface area (Å²) in [6.45, 7) is 9.36. The Balaban J connectivity index is 2.27. The highest BCUT2D eigenvalue weighted by atomic mass is 16.5. The maximum absolute atomic E-state index is 11.7. The number of carbonyl (C=O) groups is 1. The van der Waals surface area contributed by atoms with Crippen molar-refractivity contribution >= 4 is 11.8 Å². The van der Waals surface area contributed by atoms with E-state index >= 15 is 0 Å². The topological polar surface area (TPSA) is 75.5 Å². The maximum Gasteiger partial charge on any atom is 0.311 e. The molecule has 1 aromatic heterocycles. The lowest BCUT2D eigenvalue weighted by Crippen LogP contribution is -2.39. The molecule has 1 unspecified atom stereocenters. The number of carboxylic acid groups (broad SMARTS) is 1. The van der Waals surface area contributed by atoms with E-state index in [2.05, 4.69) is 9.97 Å². The zero-order valence-electron chi connectivity index (χ0n) is 13.1. The van der Waals surface area contributed by atoms with Crippen LogP contribution in [0.2, 0.25) is 0 Å². The van der Waals surface area contributed by atoms with Gasteiger partial charge in [0.1, 0.15) is 11.6 Å². The summed E-state index contributed by atoms with van der Waals surface area (Å²) in [4.78, 5) is 22.4. The van der Waals surface area contributed by atoms with Crippen molar-refractivity contribution < 1.29 is 14.6 Å². The molecule has 0 radical (unpaired) electrons. The number of aliphatic carboxylic acids is 1. The van der Waals surface area contributed by atoms with E-state index in [4.69, 9.17) is 4.74 Å². The largest absolute Gasteiger partial charge is 0.481 e. The first-order valence-corrected chi connectivity index (χ1v) is 7.36. The monoisotopic (exact) mass is 293 g/mol. The molecule has 6 nitrogen and oxygen atoms in total. The smallest absolute Gasteiger partial charge is 0.311 e. The van der Waals surface area contributed by atoms with Crippen molar-refractivity contribution in [1.29, 1.82) is 0 Å². The van der Waals surface area contributed by atoms with E-state index < -0.39 is 11.4 Å². The number of aryl methyl sites for hydroxylation is 1. The molecule has 1 atom stereocenters. The van der Waals surface area contributed by atoms with Crippen LogP contribution < -0.4 is 9.64 Å². The molecule has 6 heteroatoms. The van der Waals surface area contributed by atoms with Crippen LogP contribution in [0.15, 0.2) is 6.07 Å². The van der Waals surface area contributed by atoms with E-state index in [0.29, 0.717) is 37.8 Å². The lowest BCUT2D eigenvalue weighted by Gasteiger charge is -2.29. The van der Waals surface area contributed by atoms with Gasteiger partial charge in [-0.25, -0.2) is 4.98 Å². The number of carboxylic acids is 1. The molecular weight excluding hydrogens is 270 g/mol. The van der Waals surface area contributed by atoms with E-state index in [-0.39, 0.29) is 5.92 Å². The van der Waals surface area contributed by atoms with Crippen molar-refractivity contribution in [2.45, 2.75) is 34.1 Å². The van der Waals surface area contributed by atoms with E-state index in [9.17, 15) is 9.90 Å². The van der Waals surface area contributed by atoms with Crippen LogP contribution in [0.4, 0.5) is 5.82 Å². The second-order valence-corrected chi connectivity index (χ2v) is 5.83. The standard InChI is InChI=1S/C15H23N3O3/c1-5-21-13-8-12(16-11(4)17-13)18-7-6-15(9-18,10(2)3)14(19)20/h8,10H,5-7,9H2,1-4H3,(H,19,20). The highest BCUT2D eigenvalue weighted by Gasteiger charge is 2.47. The normalized spacial score (nSPS) is 21.9. The van der Waals surface area contributed by atoms with Crippen molar-refractivity contribution in [3.63, 3.8) is 0 Å². The quantitative estimate of drug-likeness (QED) is 0.896. The fourth-order valence-electron chi connectivity index (χ4n) is 2.83. The summed E-state index contributed by atoms with van der Waals surface area (Å²) in [5.41, 5.74) is -0.704. The van der Waals surface area contributed by atoms with Gasteiger partial charge in [-0.2, -0.15) is 4.98 Å². The third kappa shape index (κ3) is 2.94. The van der Waals surface area contributed by atoms with Gasteiger partial charge in [-0.1, -0.05) is 13.8 Å². The molecule has 1 aliphatic heterocycles. The lowest BCUT2D eigenvalue weighted by atomic mass is 9.76. The zero-order chi connectivity index (χ0) is 15.6. The predicted octanol–water partition coefficient (Wildman–Crippen LogP) is 2.12. The Morgan fingerprint density at radius 2 is 2.24 bits per heavy atom. The van der Waals surface area contributed by atoms with Crippen molar-refractivity contribution in [3.05, 3.63) is 11.9 Å². The molecular formula is C15H23N3O3. The molecule has 1 N–H and O–H groups in total. The first-order chi connectivity index (χ1) is 9.89. The number of hydrogen-bond acceptors (Lipinski definition) is 5. The molecule has 1 saturated heterocycles. The van der Waals surface area contributed by atoms with Gasteiger partial charge in [0, 0.05) is 19.2 Å². The molecule has 116 valence electrons. The van der Waals surface area contributed by atoms with Crippen LogP contribution >= 0.6 is 0 Å². The van der Waals surface area contributed by atoms with Gasteiger partial charge in [0.2, 0.25) is 5.88 Å². The molecule has 2 heterocycles. The molecule has 2 rings (SSSR count). The number of anilines is 1. The third-order valence-corrected chi connectivity index (χ3v) is 4.25. The highest BCUT2D eigenvalue weighted by molar-refractivity contribution is 5.77. The Morgan fingerprint density at radius 1 is 1.52 bits per heavy atom. The van der Waals surface area contributed by atoms with Gasteiger partial charge in [-0.3, -0.25) is 4.79 Å². The highest BCUT2D eigenvalue weighted by Crippen LogP contribution is 2.39. The first-order valence-electron chi connectivity index (χ1n) is 7.36. The van der Waals surface area contributed by atoms with Crippen molar-refractivity contribution in [1.82, 2.24) is 9.97 Å². The molecule has 0 aliphatic carbocycles. The second kappa shape index (κ2) is 5.87. The summed E-state index contributed by atoms with van der Waals surface area (Å²) in [5.74, 6) is 1.27. The SMILES string of the molecule is CCOc1cc(N2CCC(C(=O)O)(C(C)C)C2)nc(C)n1. The van der Waals surface area contributed by atoms with Crippen LogP contribution in [0.25, 0.3) is 0 Å². The summed E-state index contributed by atoms with van der Waals surface area (Å²) in [6.07, 6.45) is 0.632. The van der Waals surface area contributed by atoms with Crippen LogP contribution in [0.3, 0.4) is 0 Å². The fourth-order valence-corrected chi connectivity index (χ4v) is 2.83. The Kier molecular flexibility index (Phi) is 4.34. The number of rotatable bonds is 5. The molecule has 0 aromatic carbocycles. The van der Waals surface area contributed by atoms with Crippen LogP contribution in [0.1, 0.15) is 33.0 Å². The van der Waals surface area contributed by atoms with Gasteiger partial charge >= 0.3 is 5.97 Å². The predicted molar refractivity (Wildman–Crippen MR) is 79.7 cm³/mol. The van der Waals surface area contributed by atoms with Crippen LogP contribution in [-0.4, -0.2) is 40.7 Å². The number of ether oxygens (including phenoxy) is 1. The van der Waals surface area contributed by atoms with E-state index in [1.54, 1.807) is 6.07 Å². The van der Waals surface area contributed by atoms with Gasteiger partial charge in [-0.15, -0.1) is 0 Å². The number of hydrogen-bond donors (Lipinski definition) is 1. The Morgan fingerprint density at radius 3 is 2.76 bits per heavy atom. The zero-order valence-corrected chi connectivity index (χ0v) is 13.1. The van der Waals surface area contributed by atoms with E-state index in [1.807, 2.05) is 32.6 Å². The summed E-state index contributed by atoms with van der Waals surface area (Å²) in [6, 6.07) is 1.79. The minimum Gasteiger partial charge on any atom is -0.481 e. The number of aromatic nitrogens is 2. The molecule has 1 fully saturated rings. The summed E-state index contributed by atoms with van der Waals surface area (Å²) in [7, 11) is 0. The maximum atomic E-state index is 11.7. The molecule has 21 heavy (non-hydrogen) atoms. The first kappa shape index (κ1) is 15.5. The van der Waals surface area contributed by atoms with Gasteiger partial charge in [-0.05, 0) is 26.2 Å². The van der Waals surface area contributed by atoms with Crippen LogP contribution in [0, 0.1) is 18.3 Å². The van der Waals surface area contributed by atoms with Crippen molar-refractivity contribution in [2.24, 2.45) is 11.3 Å². The van der Waals surface area contributed by atoms with Gasteiger partial charge < -0.3 is 14.7 Å². The Labute approximate surface area is 125 Å². The molecule has 0 spiro atoms. The van der Waals surface area contributed by atoms with Crippen LogP contribution in [0.5, 0.6) is 5.88 Å². The molecule has 1 aromatic rings. The molecule has 1 aliphatic rings. The van der Waals surface area contributed by atoms with Crippen molar-refractivity contribution in [3.8, 4) is 5.88 Å². The molecule has 0 amide bonds. The minimum absolute atomic E-state index is 0.0781. The van der Waals surface area contributed by atoms with Gasteiger partial charge in [0.05, 0.1) is 12.0 Å². The average Bonchev–Trinajstić information content (AvgIpc) is 2.84. The molecule has 0 bridgehead atoms. The number of nitrogens with zero attached hydrogens (tertiary/aromatic N) is 3. The lowest BCUT2D eigenvalue weighted by molar-refractivity contribution is -0.150. The Hall–Kier alpha value is -1.85. The average molecular weight is 293 g/mol. The van der Waals surface area contributed by atoms with E-state index in [0.717, 1.165) is 5.82 Å². The van der Waals surface area contributed by atoms with E-state index in [1.165, 1.54) is 0 Å². The van der Waals surface area contributed by atoms with Crippen LogP contribution in [-0.2, 0) is 4.79 Å². The van der Waals surface area contributed by atoms with Gasteiger partial charge in [0.25, 0.3) is 0 Å². The van der Waals surface area contributed by atoms with Crippen molar-refractivity contribution in [2.75, 3.05) is 24.6 Å². The molecule has 0 saturated carbocycles. The minimum atomic E-state index is -0.726.